The summed E-state index contributed by atoms with van der Waals surface area (Å²) >= 11 is 1.21. The lowest BCUT2D eigenvalue weighted by Gasteiger charge is -2.29. The van der Waals surface area contributed by atoms with Crippen molar-refractivity contribution in [2.45, 2.75) is 17.1 Å². The molecule has 0 unspecified atom stereocenters. The van der Waals surface area contributed by atoms with Crippen molar-refractivity contribution in [3.05, 3.63) is 59.5 Å². The van der Waals surface area contributed by atoms with Crippen LogP contribution >= 0.6 is 11.3 Å². The molecule has 0 radical (unpaired) electrons. The van der Waals surface area contributed by atoms with Crippen LogP contribution in [0.4, 0.5) is 0 Å². The van der Waals surface area contributed by atoms with Gasteiger partial charge in [0.2, 0.25) is 0 Å². The van der Waals surface area contributed by atoms with Gasteiger partial charge in [-0.25, -0.2) is 8.42 Å². The van der Waals surface area contributed by atoms with Gasteiger partial charge in [-0.1, -0.05) is 42.5 Å². The molecule has 1 aromatic heterocycles. The summed E-state index contributed by atoms with van der Waals surface area (Å²) in [4.78, 5) is 12.2. The molecule has 7 heteroatoms. The maximum atomic E-state index is 12.5. The van der Waals surface area contributed by atoms with E-state index in [-0.39, 0.29) is 18.5 Å². The summed E-state index contributed by atoms with van der Waals surface area (Å²) in [5, 5.41) is 1.75. The fourth-order valence-corrected chi connectivity index (χ4v) is 5.48. The Balaban J connectivity index is 1.46. The van der Waals surface area contributed by atoms with E-state index in [4.69, 9.17) is 4.74 Å². The molecule has 138 valence electrons. The third-order valence-electron chi connectivity index (χ3n) is 4.31. The van der Waals surface area contributed by atoms with Crippen LogP contribution in [0.15, 0.2) is 58.1 Å². The molecule has 0 spiro atoms. The molecule has 1 fully saturated rings. The topological polar surface area (TPSA) is 63.7 Å². The van der Waals surface area contributed by atoms with Crippen LogP contribution < -0.4 is 0 Å². The van der Waals surface area contributed by atoms with E-state index in [1.165, 1.54) is 15.6 Å². The number of carbonyl (C=O) groups is 1. The molecule has 3 rings (SSSR count). The van der Waals surface area contributed by atoms with Crippen molar-refractivity contribution < 1.29 is 17.9 Å². The summed E-state index contributed by atoms with van der Waals surface area (Å²) in [6.07, 6.45) is 4.70. The first-order valence-corrected chi connectivity index (χ1v) is 10.8. The van der Waals surface area contributed by atoms with Gasteiger partial charge in [0, 0.05) is 13.1 Å². The van der Waals surface area contributed by atoms with Gasteiger partial charge < -0.3 is 4.74 Å². The minimum Gasteiger partial charge on any atom is -0.461 e. The normalized spacial score (nSPS) is 16.8. The van der Waals surface area contributed by atoms with Gasteiger partial charge in [0.25, 0.3) is 10.0 Å². The Kier molecular flexibility index (Phi) is 6.24. The van der Waals surface area contributed by atoms with Crippen LogP contribution in [0.3, 0.4) is 0 Å². The predicted molar refractivity (Wildman–Crippen MR) is 102 cm³/mol. The minimum atomic E-state index is -3.43. The number of rotatable bonds is 6. The van der Waals surface area contributed by atoms with Gasteiger partial charge in [-0.2, -0.15) is 4.31 Å². The van der Waals surface area contributed by atoms with E-state index >= 15 is 0 Å². The summed E-state index contributed by atoms with van der Waals surface area (Å²) in [6, 6.07) is 13.1. The summed E-state index contributed by atoms with van der Waals surface area (Å²) in [5.41, 5.74) is 1.05. The molecular weight excluding hydrogens is 370 g/mol. The zero-order chi connectivity index (χ0) is 18.4. The highest BCUT2D eigenvalue weighted by Crippen LogP contribution is 2.26. The molecular formula is C19H21NO4S2. The second-order valence-corrected chi connectivity index (χ2v) is 9.17. The Morgan fingerprint density at radius 1 is 1.15 bits per heavy atom. The number of ether oxygens (including phenoxy) is 1. The Hall–Kier alpha value is -1.96. The highest BCUT2D eigenvalue weighted by molar-refractivity contribution is 7.91. The Labute approximate surface area is 158 Å². The van der Waals surface area contributed by atoms with Crippen molar-refractivity contribution in [2.24, 2.45) is 5.92 Å². The molecule has 0 amide bonds. The van der Waals surface area contributed by atoms with E-state index in [1.54, 1.807) is 17.5 Å². The zero-order valence-corrected chi connectivity index (χ0v) is 15.9. The Morgan fingerprint density at radius 2 is 1.88 bits per heavy atom. The van der Waals surface area contributed by atoms with E-state index in [0.29, 0.717) is 30.1 Å². The van der Waals surface area contributed by atoms with Gasteiger partial charge >= 0.3 is 5.97 Å². The monoisotopic (exact) mass is 391 g/mol. The smallest absolute Gasteiger partial charge is 0.309 e. The van der Waals surface area contributed by atoms with Crippen LogP contribution in [0.2, 0.25) is 0 Å². The fraction of sp³-hybridized carbons (Fsp3) is 0.316. The van der Waals surface area contributed by atoms with Crippen LogP contribution in [0.25, 0.3) is 6.08 Å². The molecule has 2 heterocycles. The number of piperidine rings is 1. The number of benzene rings is 1. The van der Waals surface area contributed by atoms with Crippen LogP contribution in [-0.4, -0.2) is 38.4 Å². The molecule has 1 aliphatic heterocycles. The second kappa shape index (κ2) is 8.62. The van der Waals surface area contributed by atoms with Gasteiger partial charge in [-0.05, 0) is 35.9 Å². The van der Waals surface area contributed by atoms with E-state index in [0.717, 1.165) is 5.56 Å². The minimum absolute atomic E-state index is 0.224. The maximum absolute atomic E-state index is 12.5. The van der Waals surface area contributed by atoms with Crippen molar-refractivity contribution >= 4 is 33.4 Å². The summed E-state index contributed by atoms with van der Waals surface area (Å²) in [7, 11) is -3.43. The predicted octanol–water partition coefficient (Wildman–Crippen LogP) is 3.41. The molecule has 1 saturated heterocycles. The van der Waals surface area contributed by atoms with E-state index in [9.17, 15) is 13.2 Å². The Bertz CT molecular complexity index is 837. The van der Waals surface area contributed by atoms with E-state index in [1.807, 2.05) is 42.5 Å². The summed E-state index contributed by atoms with van der Waals surface area (Å²) in [6.45, 7) is 0.918. The van der Waals surface area contributed by atoms with Crippen LogP contribution in [-0.2, 0) is 19.6 Å². The molecule has 0 N–H and O–H groups in total. The molecule has 0 bridgehead atoms. The molecule has 1 aromatic carbocycles. The lowest BCUT2D eigenvalue weighted by Crippen LogP contribution is -2.40. The third-order valence-corrected chi connectivity index (χ3v) is 7.58. The molecule has 2 aromatic rings. The lowest BCUT2D eigenvalue weighted by atomic mass is 9.98. The third kappa shape index (κ3) is 4.60. The quantitative estimate of drug-likeness (QED) is 0.708. The maximum Gasteiger partial charge on any atom is 0.309 e. The lowest BCUT2D eigenvalue weighted by molar-refractivity contribution is -0.148. The highest BCUT2D eigenvalue weighted by atomic mass is 32.2. The summed E-state index contributed by atoms with van der Waals surface area (Å²) < 4.78 is 32.1. The standard InChI is InChI=1S/C19H21NO4S2/c21-19(24-14-4-8-16-6-2-1-3-7-16)17-10-12-20(13-11-17)26(22,23)18-9-5-15-25-18/h1-9,15,17H,10-14H2/b8-4+. The average Bonchev–Trinajstić information content (AvgIpc) is 3.22. The van der Waals surface area contributed by atoms with Gasteiger partial charge in [0.15, 0.2) is 0 Å². The van der Waals surface area contributed by atoms with Gasteiger partial charge in [-0.15, -0.1) is 11.3 Å². The molecule has 1 aliphatic rings. The van der Waals surface area contributed by atoms with Crippen LogP contribution in [0, 0.1) is 5.92 Å². The van der Waals surface area contributed by atoms with Crippen LogP contribution in [0.1, 0.15) is 18.4 Å². The number of hydrogen-bond acceptors (Lipinski definition) is 5. The number of sulfonamides is 1. The fourth-order valence-electron chi connectivity index (χ4n) is 2.87. The Morgan fingerprint density at radius 3 is 2.54 bits per heavy atom. The van der Waals surface area contributed by atoms with Gasteiger partial charge in [0.05, 0.1) is 5.92 Å². The summed E-state index contributed by atoms with van der Waals surface area (Å²) in [5.74, 6) is -0.495. The largest absolute Gasteiger partial charge is 0.461 e. The van der Waals surface area contributed by atoms with Crippen molar-refractivity contribution in [3.63, 3.8) is 0 Å². The number of hydrogen-bond donors (Lipinski definition) is 0. The average molecular weight is 392 g/mol. The highest BCUT2D eigenvalue weighted by Gasteiger charge is 2.33. The number of thiophene rings is 1. The van der Waals surface area contributed by atoms with Crippen molar-refractivity contribution in [3.8, 4) is 0 Å². The first kappa shape index (κ1) is 18.8. The first-order chi connectivity index (χ1) is 12.6. The zero-order valence-electron chi connectivity index (χ0n) is 14.3. The number of carbonyl (C=O) groups excluding carboxylic acids is 1. The molecule has 0 atom stereocenters. The molecule has 5 nitrogen and oxygen atoms in total. The van der Waals surface area contributed by atoms with Gasteiger partial charge in [-0.3, -0.25) is 4.79 Å². The van der Waals surface area contributed by atoms with Crippen molar-refractivity contribution in [1.29, 1.82) is 0 Å². The number of esters is 1. The van der Waals surface area contributed by atoms with Crippen molar-refractivity contribution in [2.75, 3.05) is 19.7 Å². The van der Waals surface area contributed by atoms with Crippen LogP contribution in [0.5, 0.6) is 0 Å². The van der Waals surface area contributed by atoms with Crippen molar-refractivity contribution in [1.82, 2.24) is 4.31 Å². The SMILES string of the molecule is O=C(OC/C=C/c1ccccc1)C1CCN(S(=O)(=O)c2cccs2)CC1. The second-order valence-electron chi connectivity index (χ2n) is 6.05. The molecule has 0 saturated carbocycles. The van der Waals surface area contributed by atoms with E-state index < -0.39 is 10.0 Å². The number of nitrogens with zero attached hydrogens (tertiary/aromatic N) is 1. The molecule has 0 aliphatic carbocycles. The van der Waals surface area contributed by atoms with E-state index in [2.05, 4.69) is 0 Å². The first-order valence-electron chi connectivity index (χ1n) is 8.49. The molecule has 26 heavy (non-hydrogen) atoms. The van der Waals surface area contributed by atoms with Gasteiger partial charge in [0.1, 0.15) is 10.8 Å².